The van der Waals surface area contributed by atoms with Crippen molar-refractivity contribution in [1.29, 1.82) is 0 Å². The highest BCUT2D eigenvalue weighted by Gasteiger charge is 2.36. The van der Waals surface area contributed by atoms with Gasteiger partial charge in [0.2, 0.25) is 5.28 Å². The van der Waals surface area contributed by atoms with Crippen molar-refractivity contribution in [2.75, 3.05) is 4.90 Å². The maximum Gasteiger partial charge on any atom is 0.224 e. The Kier molecular flexibility index (Phi) is 3.08. The van der Waals surface area contributed by atoms with Crippen LogP contribution in [0.3, 0.4) is 0 Å². The van der Waals surface area contributed by atoms with Crippen LogP contribution in [0.15, 0.2) is 18.6 Å². The maximum atomic E-state index is 6.12. The summed E-state index contributed by atoms with van der Waals surface area (Å²) >= 11 is 6.12. The fraction of sp³-hybridized carbons (Fsp3) is 0.357. The minimum absolute atomic E-state index is 0.0229. The average molecular weight is 331 g/mol. The Balaban J connectivity index is 2.03. The van der Waals surface area contributed by atoms with Gasteiger partial charge in [-0.15, -0.1) is 10.2 Å². The molecule has 4 heterocycles. The van der Waals surface area contributed by atoms with Gasteiger partial charge < -0.3 is 0 Å². The first kappa shape index (κ1) is 14.1. The van der Waals surface area contributed by atoms with Crippen LogP contribution in [0.5, 0.6) is 0 Å². The van der Waals surface area contributed by atoms with Crippen LogP contribution in [0.4, 0.5) is 11.6 Å². The number of halogens is 1. The second kappa shape index (κ2) is 5.02. The van der Waals surface area contributed by atoms with Gasteiger partial charge in [0.15, 0.2) is 17.5 Å². The molecule has 0 saturated heterocycles. The predicted octanol–water partition coefficient (Wildman–Crippen LogP) is 2.36. The third kappa shape index (κ3) is 2.02. The van der Waals surface area contributed by atoms with E-state index in [4.69, 9.17) is 11.6 Å². The maximum absolute atomic E-state index is 6.12. The number of aromatic nitrogens is 7. The lowest BCUT2D eigenvalue weighted by Crippen LogP contribution is -2.33. The van der Waals surface area contributed by atoms with Gasteiger partial charge in [0.05, 0.1) is 11.7 Å². The van der Waals surface area contributed by atoms with Crippen LogP contribution in [0.2, 0.25) is 5.28 Å². The zero-order valence-corrected chi connectivity index (χ0v) is 13.7. The topological polar surface area (TPSA) is 77.5 Å². The van der Waals surface area contributed by atoms with Gasteiger partial charge in [-0.3, -0.25) is 14.1 Å². The van der Waals surface area contributed by atoms with Crippen LogP contribution in [0.1, 0.15) is 30.9 Å². The molecule has 1 atom stereocenters. The van der Waals surface area contributed by atoms with Crippen LogP contribution in [-0.4, -0.2) is 34.5 Å². The molecule has 1 unspecified atom stereocenters. The molecule has 4 rings (SSSR count). The highest BCUT2D eigenvalue weighted by atomic mass is 35.5. The summed E-state index contributed by atoms with van der Waals surface area (Å²) in [7, 11) is 1.88. The Labute approximate surface area is 137 Å². The lowest BCUT2D eigenvalue weighted by molar-refractivity contribution is 0.579. The van der Waals surface area contributed by atoms with E-state index >= 15 is 0 Å². The van der Waals surface area contributed by atoms with Crippen LogP contribution in [0.25, 0.3) is 5.69 Å². The summed E-state index contributed by atoms with van der Waals surface area (Å²) in [6.45, 7) is 4.00. The number of aryl methyl sites for hydroxylation is 2. The molecular formula is C14H15ClN8. The lowest BCUT2D eigenvalue weighted by Gasteiger charge is -2.35. The summed E-state index contributed by atoms with van der Waals surface area (Å²) in [5.41, 5.74) is 1.61. The van der Waals surface area contributed by atoms with Gasteiger partial charge in [0.25, 0.3) is 0 Å². The molecule has 1 aliphatic heterocycles. The smallest absolute Gasteiger partial charge is 0.224 e. The molecule has 118 valence electrons. The summed E-state index contributed by atoms with van der Waals surface area (Å²) in [6.07, 6.45) is 4.42. The number of rotatable bonds is 2. The highest BCUT2D eigenvalue weighted by Crippen LogP contribution is 2.43. The normalized spacial score (nSPS) is 16.3. The van der Waals surface area contributed by atoms with E-state index in [1.54, 1.807) is 11.0 Å². The van der Waals surface area contributed by atoms with Gasteiger partial charge >= 0.3 is 0 Å². The minimum Gasteiger partial charge on any atom is -0.297 e. The summed E-state index contributed by atoms with van der Waals surface area (Å²) < 4.78 is 3.70. The first-order chi connectivity index (χ1) is 11.1. The van der Waals surface area contributed by atoms with Gasteiger partial charge in [-0.05, 0) is 24.9 Å². The molecule has 23 heavy (non-hydrogen) atoms. The van der Waals surface area contributed by atoms with Crippen LogP contribution in [-0.2, 0) is 7.05 Å². The van der Waals surface area contributed by atoms with Crippen LogP contribution >= 0.6 is 11.6 Å². The van der Waals surface area contributed by atoms with Crippen molar-refractivity contribution in [2.24, 2.45) is 7.05 Å². The Bertz CT molecular complexity index is 883. The van der Waals surface area contributed by atoms with Crippen LogP contribution < -0.4 is 4.90 Å². The molecular weight excluding hydrogens is 316 g/mol. The molecule has 3 aromatic rings. The minimum atomic E-state index is -0.0229. The number of anilines is 2. The summed E-state index contributed by atoms with van der Waals surface area (Å²) in [5.74, 6) is 2.36. The zero-order chi connectivity index (χ0) is 16.1. The SMILES string of the molecule is CCC1c2nncn2-c2c(C)nc(Cl)nc2N1c1ccn(C)n1. The summed E-state index contributed by atoms with van der Waals surface area (Å²) in [4.78, 5) is 10.8. The lowest BCUT2D eigenvalue weighted by atomic mass is 10.1. The number of hydrogen-bond acceptors (Lipinski definition) is 6. The highest BCUT2D eigenvalue weighted by molar-refractivity contribution is 6.28. The standard InChI is InChI=1S/C14H15ClN8/c1-4-9-12-19-16-7-22(12)11-8(2)17-14(15)18-13(11)23(9)10-5-6-21(3)20-10/h5-7,9H,4H2,1-3H3. The largest absolute Gasteiger partial charge is 0.297 e. The molecule has 9 heteroatoms. The number of hydrogen-bond donors (Lipinski definition) is 0. The molecule has 0 amide bonds. The van der Waals surface area contributed by atoms with E-state index < -0.39 is 0 Å². The molecule has 8 nitrogen and oxygen atoms in total. The zero-order valence-electron chi connectivity index (χ0n) is 13.0. The molecule has 1 aliphatic rings. The Hall–Kier alpha value is -2.48. The average Bonchev–Trinajstić information content (AvgIpc) is 3.13. The molecule has 0 spiro atoms. The quantitative estimate of drug-likeness (QED) is 0.671. The first-order valence-corrected chi connectivity index (χ1v) is 7.71. The third-order valence-corrected chi connectivity index (χ3v) is 4.17. The second-order valence-corrected chi connectivity index (χ2v) is 5.79. The van der Waals surface area contributed by atoms with E-state index in [-0.39, 0.29) is 11.3 Å². The number of nitrogens with zero attached hydrogens (tertiary/aromatic N) is 8. The van der Waals surface area contributed by atoms with E-state index in [0.717, 1.165) is 35.3 Å². The summed E-state index contributed by atoms with van der Waals surface area (Å²) in [6, 6.07) is 1.93. The second-order valence-electron chi connectivity index (χ2n) is 5.45. The number of fused-ring (bicyclic) bond motifs is 3. The van der Waals surface area contributed by atoms with E-state index in [9.17, 15) is 0 Å². The van der Waals surface area contributed by atoms with E-state index in [2.05, 4.69) is 37.1 Å². The van der Waals surface area contributed by atoms with Crippen molar-refractivity contribution in [1.82, 2.24) is 34.5 Å². The van der Waals surface area contributed by atoms with Gasteiger partial charge in [-0.25, -0.2) is 4.98 Å². The van der Waals surface area contributed by atoms with Crippen molar-refractivity contribution in [2.45, 2.75) is 26.3 Å². The van der Waals surface area contributed by atoms with Crippen molar-refractivity contribution in [3.05, 3.63) is 35.4 Å². The van der Waals surface area contributed by atoms with E-state index in [1.807, 2.05) is 30.8 Å². The van der Waals surface area contributed by atoms with Gasteiger partial charge in [0, 0.05) is 19.3 Å². The van der Waals surface area contributed by atoms with E-state index in [1.165, 1.54) is 0 Å². The van der Waals surface area contributed by atoms with E-state index in [0.29, 0.717) is 0 Å². The first-order valence-electron chi connectivity index (χ1n) is 7.33. The molecule has 0 aromatic carbocycles. The van der Waals surface area contributed by atoms with Crippen molar-refractivity contribution < 1.29 is 0 Å². The molecule has 0 fully saturated rings. The third-order valence-electron chi connectivity index (χ3n) is 4.00. The molecule has 0 saturated carbocycles. The Morgan fingerprint density at radius 1 is 1.30 bits per heavy atom. The van der Waals surface area contributed by atoms with Crippen molar-refractivity contribution >= 4 is 23.2 Å². The van der Waals surface area contributed by atoms with Crippen molar-refractivity contribution in [3.8, 4) is 5.69 Å². The molecule has 0 radical (unpaired) electrons. The molecule has 0 bridgehead atoms. The van der Waals surface area contributed by atoms with Crippen LogP contribution in [0, 0.1) is 6.92 Å². The monoisotopic (exact) mass is 330 g/mol. The van der Waals surface area contributed by atoms with Gasteiger partial charge in [-0.1, -0.05) is 6.92 Å². The Morgan fingerprint density at radius 3 is 2.83 bits per heavy atom. The molecule has 3 aromatic heterocycles. The van der Waals surface area contributed by atoms with Gasteiger partial charge in [0.1, 0.15) is 12.0 Å². The molecule has 0 aliphatic carbocycles. The molecule has 0 N–H and O–H groups in total. The van der Waals surface area contributed by atoms with Gasteiger partial charge in [-0.2, -0.15) is 10.1 Å². The Morgan fingerprint density at radius 2 is 2.13 bits per heavy atom. The summed E-state index contributed by atoms with van der Waals surface area (Å²) in [5, 5.41) is 13.1. The van der Waals surface area contributed by atoms with Crippen molar-refractivity contribution in [3.63, 3.8) is 0 Å². The predicted molar refractivity (Wildman–Crippen MR) is 85.1 cm³/mol. The fourth-order valence-corrected chi connectivity index (χ4v) is 3.25. The fourth-order valence-electron chi connectivity index (χ4n) is 3.04.